The quantitative estimate of drug-likeness (QED) is 0.826. The van der Waals surface area contributed by atoms with Gasteiger partial charge in [0.05, 0.1) is 6.10 Å². The highest BCUT2D eigenvalue weighted by Gasteiger charge is 2.22. The molecular weight excluding hydrogens is 205 g/mol. The van der Waals surface area contributed by atoms with Crippen LogP contribution in [0.4, 0.5) is 4.39 Å². The summed E-state index contributed by atoms with van der Waals surface area (Å²) in [4.78, 5) is 0. The van der Waals surface area contributed by atoms with Crippen LogP contribution in [0.1, 0.15) is 31.1 Å². The number of rotatable bonds is 4. The van der Waals surface area contributed by atoms with Crippen molar-refractivity contribution < 1.29 is 9.50 Å². The van der Waals surface area contributed by atoms with E-state index in [0.717, 1.165) is 5.56 Å². The Morgan fingerprint density at radius 2 is 2.00 bits per heavy atom. The van der Waals surface area contributed by atoms with Gasteiger partial charge in [0, 0.05) is 5.92 Å². The maximum Gasteiger partial charge on any atom is 0.126 e. The molecule has 0 amide bonds. The predicted octanol–water partition coefficient (Wildman–Crippen LogP) is 2.40. The first-order valence-electron chi connectivity index (χ1n) is 5.61. The van der Waals surface area contributed by atoms with E-state index in [9.17, 15) is 9.50 Å². The summed E-state index contributed by atoms with van der Waals surface area (Å²) < 4.78 is 13.1. The molecule has 2 nitrogen and oxygen atoms in total. The van der Waals surface area contributed by atoms with Crippen LogP contribution < -0.4 is 5.73 Å². The van der Waals surface area contributed by atoms with Gasteiger partial charge in [-0.25, -0.2) is 4.39 Å². The van der Waals surface area contributed by atoms with E-state index >= 15 is 0 Å². The Morgan fingerprint density at radius 3 is 2.44 bits per heavy atom. The largest absolute Gasteiger partial charge is 0.388 e. The van der Waals surface area contributed by atoms with E-state index in [0.29, 0.717) is 18.0 Å². The van der Waals surface area contributed by atoms with Crippen LogP contribution in [-0.2, 0) is 0 Å². The van der Waals surface area contributed by atoms with Crippen molar-refractivity contribution in [3.8, 4) is 0 Å². The van der Waals surface area contributed by atoms with Crippen LogP contribution in [0.25, 0.3) is 0 Å². The normalized spacial score (nSPS) is 15.2. The molecule has 0 saturated heterocycles. The van der Waals surface area contributed by atoms with Crippen molar-refractivity contribution in [2.45, 2.75) is 26.9 Å². The van der Waals surface area contributed by atoms with Gasteiger partial charge in [0.1, 0.15) is 5.82 Å². The Bertz CT molecular complexity index is 352. The average Bonchev–Trinajstić information content (AvgIpc) is 2.22. The Balaban J connectivity index is 2.94. The number of hydrogen-bond donors (Lipinski definition) is 2. The van der Waals surface area contributed by atoms with Gasteiger partial charge in [0.25, 0.3) is 0 Å². The summed E-state index contributed by atoms with van der Waals surface area (Å²) in [6, 6.07) is 4.70. The second kappa shape index (κ2) is 5.41. The lowest BCUT2D eigenvalue weighted by Crippen LogP contribution is -2.26. The molecule has 1 rings (SSSR count). The van der Waals surface area contributed by atoms with Gasteiger partial charge in [-0.05, 0) is 36.6 Å². The molecule has 0 spiro atoms. The maximum absolute atomic E-state index is 13.1. The summed E-state index contributed by atoms with van der Waals surface area (Å²) >= 11 is 0. The van der Waals surface area contributed by atoms with Crippen LogP contribution >= 0.6 is 0 Å². The third kappa shape index (κ3) is 2.80. The van der Waals surface area contributed by atoms with Crippen molar-refractivity contribution in [1.29, 1.82) is 0 Å². The highest BCUT2D eigenvalue weighted by Crippen LogP contribution is 2.28. The summed E-state index contributed by atoms with van der Waals surface area (Å²) in [5.41, 5.74) is 6.94. The van der Waals surface area contributed by atoms with Crippen LogP contribution in [0.5, 0.6) is 0 Å². The first-order valence-corrected chi connectivity index (χ1v) is 5.61. The van der Waals surface area contributed by atoms with Gasteiger partial charge in [-0.2, -0.15) is 0 Å². The minimum absolute atomic E-state index is 0.00450. The van der Waals surface area contributed by atoms with Crippen LogP contribution in [0.3, 0.4) is 0 Å². The fourth-order valence-corrected chi connectivity index (χ4v) is 1.86. The number of aliphatic hydroxyl groups excluding tert-OH is 1. The van der Waals surface area contributed by atoms with Crippen molar-refractivity contribution in [2.75, 3.05) is 6.54 Å². The third-order valence-corrected chi connectivity index (χ3v) is 3.06. The second-order valence-electron chi connectivity index (χ2n) is 4.60. The molecule has 0 saturated carbocycles. The van der Waals surface area contributed by atoms with E-state index in [2.05, 4.69) is 0 Å². The fourth-order valence-electron chi connectivity index (χ4n) is 1.86. The zero-order valence-electron chi connectivity index (χ0n) is 10.1. The molecule has 0 bridgehead atoms. The Hall–Kier alpha value is -0.930. The van der Waals surface area contributed by atoms with Gasteiger partial charge in [-0.3, -0.25) is 0 Å². The molecular formula is C13H20FNO. The standard InChI is InChI=1S/C13H20FNO/c1-8(2)11(7-15)13(16)10-4-5-12(14)9(3)6-10/h4-6,8,11,13,16H,7,15H2,1-3H3. The molecule has 90 valence electrons. The van der Waals surface area contributed by atoms with Gasteiger partial charge >= 0.3 is 0 Å². The molecule has 0 aliphatic carbocycles. The van der Waals surface area contributed by atoms with Crippen molar-refractivity contribution in [3.05, 3.63) is 35.1 Å². The van der Waals surface area contributed by atoms with Gasteiger partial charge in [-0.1, -0.05) is 26.0 Å². The molecule has 1 aromatic rings. The molecule has 0 aliphatic heterocycles. The third-order valence-electron chi connectivity index (χ3n) is 3.06. The lowest BCUT2D eigenvalue weighted by Gasteiger charge is -2.25. The summed E-state index contributed by atoms with van der Waals surface area (Å²) in [6.45, 7) is 6.17. The Labute approximate surface area is 96.3 Å². The number of halogens is 1. The molecule has 16 heavy (non-hydrogen) atoms. The molecule has 2 atom stereocenters. The van der Waals surface area contributed by atoms with Crippen LogP contribution in [0.2, 0.25) is 0 Å². The van der Waals surface area contributed by atoms with Gasteiger partial charge in [0.15, 0.2) is 0 Å². The van der Waals surface area contributed by atoms with E-state index < -0.39 is 6.10 Å². The average molecular weight is 225 g/mol. The number of benzene rings is 1. The zero-order chi connectivity index (χ0) is 12.3. The summed E-state index contributed by atoms with van der Waals surface area (Å²) in [5.74, 6) is 0.0556. The predicted molar refractivity (Wildman–Crippen MR) is 63.5 cm³/mol. The number of aryl methyl sites for hydroxylation is 1. The number of hydrogen-bond acceptors (Lipinski definition) is 2. The summed E-state index contributed by atoms with van der Waals surface area (Å²) in [5, 5.41) is 10.2. The van der Waals surface area contributed by atoms with Gasteiger partial charge in [-0.15, -0.1) is 0 Å². The smallest absolute Gasteiger partial charge is 0.126 e. The minimum Gasteiger partial charge on any atom is -0.388 e. The lowest BCUT2D eigenvalue weighted by atomic mass is 9.86. The zero-order valence-corrected chi connectivity index (χ0v) is 10.1. The van der Waals surface area contributed by atoms with Gasteiger partial charge in [0.2, 0.25) is 0 Å². The lowest BCUT2D eigenvalue weighted by molar-refractivity contribution is 0.0860. The van der Waals surface area contributed by atoms with Crippen molar-refractivity contribution in [1.82, 2.24) is 0 Å². The molecule has 0 radical (unpaired) electrons. The number of aliphatic hydroxyl groups is 1. The molecule has 0 aromatic heterocycles. The van der Waals surface area contributed by atoms with Gasteiger partial charge < -0.3 is 10.8 Å². The first kappa shape index (κ1) is 13.1. The monoisotopic (exact) mass is 225 g/mol. The Morgan fingerprint density at radius 1 is 1.38 bits per heavy atom. The molecule has 1 aromatic carbocycles. The van der Waals surface area contributed by atoms with Crippen LogP contribution in [0, 0.1) is 24.6 Å². The molecule has 0 fully saturated rings. The van der Waals surface area contributed by atoms with Crippen molar-refractivity contribution in [2.24, 2.45) is 17.6 Å². The minimum atomic E-state index is -0.621. The number of nitrogens with two attached hydrogens (primary N) is 1. The topological polar surface area (TPSA) is 46.2 Å². The first-order chi connectivity index (χ1) is 7.47. The van der Waals surface area contributed by atoms with Crippen LogP contribution in [-0.4, -0.2) is 11.7 Å². The van der Waals surface area contributed by atoms with E-state index in [1.54, 1.807) is 19.1 Å². The molecule has 3 heteroatoms. The second-order valence-corrected chi connectivity index (χ2v) is 4.60. The van der Waals surface area contributed by atoms with Crippen molar-refractivity contribution in [3.63, 3.8) is 0 Å². The van der Waals surface area contributed by atoms with E-state index in [4.69, 9.17) is 5.73 Å². The van der Waals surface area contributed by atoms with E-state index in [1.807, 2.05) is 13.8 Å². The molecule has 0 aliphatic rings. The van der Waals surface area contributed by atoms with Crippen LogP contribution in [0.15, 0.2) is 18.2 Å². The maximum atomic E-state index is 13.1. The van der Waals surface area contributed by atoms with E-state index in [-0.39, 0.29) is 11.7 Å². The van der Waals surface area contributed by atoms with E-state index in [1.165, 1.54) is 6.07 Å². The summed E-state index contributed by atoms with van der Waals surface area (Å²) in [7, 11) is 0. The molecule has 2 unspecified atom stereocenters. The van der Waals surface area contributed by atoms with Crippen molar-refractivity contribution >= 4 is 0 Å². The Kier molecular flexibility index (Phi) is 4.44. The fraction of sp³-hybridized carbons (Fsp3) is 0.538. The highest BCUT2D eigenvalue weighted by atomic mass is 19.1. The molecule has 0 heterocycles. The highest BCUT2D eigenvalue weighted by molar-refractivity contribution is 5.26. The molecule has 3 N–H and O–H groups in total. The SMILES string of the molecule is Cc1cc(C(O)C(CN)C(C)C)ccc1F. The summed E-state index contributed by atoms with van der Waals surface area (Å²) in [6.07, 6.45) is -0.621.